The van der Waals surface area contributed by atoms with Gasteiger partial charge in [-0.25, -0.2) is 8.42 Å². The van der Waals surface area contributed by atoms with Crippen LogP contribution in [-0.4, -0.2) is 21.4 Å². The van der Waals surface area contributed by atoms with Crippen molar-refractivity contribution in [2.24, 2.45) is 0 Å². The van der Waals surface area contributed by atoms with Crippen molar-refractivity contribution in [1.29, 1.82) is 0 Å². The third-order valence-electron chi connectivity index (χ3n) is 5.94. The Bertz CT molecular complexity index is 1240. The van der Waals surface area contributed by atoms with E-state index in [1.165, 1.54) is 53.2 Å². The Kier molecular flexibility index (Phi) is 6.26. The molecule has 0 unspecified atom stereocenters. The quantitative estimate of drug-likeness (QED) is 0.544. The average molecular weight is 469 g/mol. The van der Waals surface area contributed by atoms with Crippen molar-refractivity contribution in [3.8, 4) is 0 Å². The number of carbonyl (C=O) groups is 1. The molecule has 7 heteroatoms. The number of halogens is 1. The highest BCUT2D eigenvalue weighted by Gasteiger charge is 2.22. The van der Waals surface area contributed by atoms with Crippen LogP contribution in [0.5, 0.6) is 0 Å². The summed E-state index contributed by atoms with van der Waals surface area (Å²) >= 11 is 5.86. The number of benzene rings is 3. The fraction of sp³-hybridized carbons (Fsp3) is 0.240. The van der Waals surface area contributed by atoms with Gasteiger partial charge in [-0.2, -0.15) is 0 Å². The van der Waals surface area contributed by atoms with Gasteiger partial charge in [0.15, 0.2) is 0 Å². The van der Waals surface area contributed by atoms with Gasteiger partial charge in [0.05, 0.1) is 16.6 Å². The maximum Gasteiger partial charge on any atom is 0.264 e. The Morgan fingerprint density at radius 2 is 1.62 bits per heavy atom. The minimum Gasteiger partial charge on any atom is -0.346 e. The number of nitrogens with zero attached hydrogens (tertiary/aromatic N) is 1. The molecule has 0 spiro atoms. The monoisotopic (exact) mass is 468 g/mol. The van der Waals surface area contributed by atoms with E-state index in [1.807, 2.05) is 6.92 Å². The molecule has 0 bridgehead atoms. The molecule has 0 saturated heterocycles. The molecule has 4 rings (SSSR count). The Hall–Kier alpha value is -2.83. The molecule has 0 radical (unpaired) electrons. The van der Waals surface area contributed by atoms with Gasteiger partial charge in [0.1, 0.15) is 0 Å². The van der Waals surface area contributed by atoms with Gasteiger partial charge in [0.25, 0.3) is 15.9 Å². The number of hydrogen-bond donors (Lipinski definition) is 1. The Balaban J connectivity index is 1.45. The van der Waals surface area contributed by atoms with E-state index in [2.05, 4.69) is 23.5 Å². The van der Waals surface area contributed by atoms with Crippen LogP contribution in [-0.2, 0) is 22.9 Å². The standard InChI is InChI=1S/C25H25ClN2O3S/c1-17(20-7-6-18-4-3-5-21(18)16-20)27-25(29)19-8-12-23(13-9-19)28(2)32(30,31)24-14-10-22(26)11-15-24/h6-17H,3-5H2,1-2H3,(H,27,29)/t17-/m0/s1. The van der Waals surface area contributed by atoms with Crippen molar-refractivity contribution in [3.63, 3.8) is 0 Å². The molecule has 0 aliphatic heterocycles. The fourth-order valence-corrected chi connectivity index (χ4v) is 5.27. The van der Waals surface area contributed by atoms with Gasteiger partial charge in [-0.15, -0.1) is 0 Å². The summed E-state index contributed by atoms with van der Waals surface area (Å²) < 4.78 is 26.9. The molecule has 3 aromatic rings. The second kappa shape index (κ2) is 8.96. The van der Waals surface area contributed by atoms with Gasteiger partial charge in [-0.3, -0.25) is 9.10 Å². The molecule has 1 N–H and O–H groups in total. The Labute approximate surface area is 194 Å². The summed E-state index contributed by atoms with van der Waals surface area (Å²) in [6.45, 7) is 1.97. The molecular weight excluding hydrogens is 444 g/mol. The summed E-state index contributed by atoms with van der Waals surface area (Å²) in [7, 11) is -2.25. The lowest BCUT2D eigenvalue weighted by molar-refractivity contribution is 0.0940. The van der Waals surface area contributed by atoms with Gasteiger partial charge in [-0.05, 0) is 91.4 Å². The van der Waals surface area contributed by atoms with E-state index in [0.29, 0.717) is 16.3 Å². The minimum absolute atomic E-state index is 0.124. The third-order valence-corrected chi connectivity index (χ3v) is 7.99. The molecule has 1 aliphatic carbocycles. The smallest absolute Gasteiger partial charge is 0.264 e. The molecule has 0 heterocycles. The van der Waals surface area contributed by atoms with Crippen LogP contribution >= 0.6 is 11.6 Å². The molecule has 32 heavy (non-hydrogen) atoms. The van der Waals surface area contributed by atoms with Gasteiger partial charge in [-0.1, -0.05) is 29.8 Å². The first-order valence-electron chi connectivity index (χ1n) is 10.5. The lowest BCUT2D eigenvalue weighted by Crippen LogP contribution is -2.28. The molecule has 1 amide bonds. The van der Waals surface area contributed by atoms with Crippen molar-refractivity contribution in [3.05, 3.63) is 94.0 Å². The molecule has 3 aromatic carbocycles. The van der Waals surface area contributed by atoms with E-state index in [1.54, 1.807) is 24.3 Å². The molecule has 166 valence electrons. The number of rotatable bonds is 6. The second-order valence-corrected chi connectivity index (χ2v) is 10.5. The lowest BCUT2D eigenvalue weighted by Gasteiger charge is -2.20. The zero-order valence-electron chi connectivity index (χ0n) is 18.0. The van der Waals surface area contributed by atoms with Gasteiger partial charge in [0.2, 0.25) is 0 Å². The highest BCUT2D eigenvalue weighted by molar-refractivity contribution is 7.92. The predicted octanol–water partition coefficient (Wildman–Crippen LogP) is 5.14. The number of sulfonamides is 1. The topological polar surface area (TPSA) is 66.5 Å². The van der Waals surface area contributed by atoms with Crippen LogP contribution in [0.15, 0.2) is 71.6 Å². The van der Waals surface area contributed by atoms with Gasteiger partial charge < -0.3 is 5.32 Å². The summed E-state index contributed by atoms with van der Waals surface area (Å²) in [6, 6.07) is 18.8. The predicted molar refractivity (Wildman–Crippen MR) is 128 cm³/mol. The van der Waals surface area contributed by atoms with Crippen molar-refractivity contribution < 1.29 is 13.2 Å². The normalized spacial score (nSPS) is 14.0. The van der Waals surface area contributed by atoms with Crippen LogP contribution < -0.4 is 9.62 Å². The number of aryl methyl sites for hydroxylation is 2. The van der Waals surface area contributed by atoms with Crippen molar-refractivity contribution in [2.75, 3.05) is 11.4 Å². The van der Waals surface area contributed by atoms with E-state index in [-0.39, 0.29) is 16.8 Å². The van der Waals surface area contributed by atoms with Gasteiger partial charge >= 0.3 is 0 Å². The van der Waals surface area contributed by atoms with Crippen LogP contribution in [0.2, 0.25) is 5.02 Å². The molecule has 0 fully saturated rings. The number of hydrogen-bond acceptors (Lipinski definition) is 3. The molecule has 0 aromatic heterocycles. The molecule has 0 saturated carbocycles. The van der Waals surface area contributed by atoms with Crippen molar-refractivity contribution >= 4 is 33.2 Å². The SMILES string of the molecule is C[C@H](NC(=O)c1ccc(N(C)S(=O)(=O)c2ccc(Cl)cc2)cc1)c1ccc2c(c1)CCC2. The number of anilines is 1. The Morgan fingerprint density at radius 3 is 2.31 bits per heavy atom. The van der Waals surface area contributed by atoms with Crippen molar-refractivity contribution in [2.45, 2.75) is 37.1 Å². The summed E-state index contributed by atoms with van der Waals surface area (Å²) in [6.07, 6.45) is 3.41. The number of fused-ring (bicyclic) bond motifs is 1. The fourth-order valence-electron chi connectivity index (χ4n) is 3.95. The van der Waals surface area contributed by atoms with E-state index in [9.17, 15) is 13.2 Å². The van der Waals surface area contributed by atoms with Crippen molar-refractivity contribution in [1.82, 2.24) is 5.32 Å². The summed E-state index contributed by atoms with van der Waals surface area (Å²) in [5, 5.41) is 3.50. The Morgan fingerprint density at radius 1 is 0.969 bits per heavy atom. The summed E-state index contributed by atoms with van der Waals surface area (Å²) in [4.78, 5) is 12.9. The largest absolute Gasteiger partial charge is 0.346 e. The first kappa shape index (κ1) is 22.4. The maximum absolute atomic E-state index is 12.8. The molecule has 1 aliphatic rings. The van der Waals surface area contributed by atoms with Crippen LogP contribution in [0, 0.1) is 0 Å². The molecular formula is C25H25ClN2O3S. The van der Waals surface area contributed by atoms with Crippen LogP contribution in [0.4, 0.5) is 5.69 Å². The lowest BCUT2D eigenvalue weighted by atomic mass is 10.0. The zero-order valence-corrected chi connectivity index (χ0v) is 19.6. The van der Waals surface area contributed by atoms with Gasteiger partial charge in [0, 0.05) is 17.6 Å². The highest BCUT2D eigenvalue weighted by Crippen LogP contribution is 2.26. The third kappa shape index (κ3) is 4.52. The summed E-state index contributed by atoms with van der Waals surface area (Å²) in [5.41, 5.74) is 4.80. The zero-order chi connectivity index (χ0) is 22.9. The molecule has 5 nitrogen and oxygen atoms in total. The first-order chi connectivity index (χ1) is 15.3. The molecule has 1 atom stereocenters. The number of amides is 1. The van der Waals surface area contributed by atoms with Crippen LogP contribution in [0.1, 0.15) is 46.4 Å². The summed E-state index contributed by atoms with van der Waals surface area (Å²) in [5.74, 6) is -0.201. The van der Waals surface area contributed by atoms with E-state index in [0.717, 1.165) is 18.4 Å². The van der Waals surface area contributed by atoms with E-state index >= 15 is 0 Å². The van der Waals surface area contributed by atoms with Crippen LogP contribution in [0.25, 0.3) is 0 Å². The maximum atomic E-state index is 12.8. The number of nitrogens with one attached hydrogen (secondary N) is 1. The number of carbonyl (C=O) groups excluding carboxylic acids is 1. The highest BCUT2D eigenvalue weighted by atomic mass is 35.5. The van der Waals surface area contributed by atoms with E-state index in [4.69, 9.17) is 11.6 Å². The average Bonchev–Trinajstić information content (AvgIpc) is 3.27. The second-order valence-electron chi connectivity index (χ2n) is 8.05. The first-order valence-corrected chi connectivity index (χ1v) is 12.3. The van der Waals surface area contributed by atoms with Crippen LogP contribution in [0.3, 0.4) is 0 Å². The van der Waals surface area contributed by atoms with E-state index < -0.39 is 10.0 Å². The minimum atomic E-state index is -3.73.